The number of benzene rings is 2. The highest BCUT2D eigenvalue weighted by Crippen LogP contribution is 2.21. The number of hydrogen-bond donors (Lipinski definition) is 5. The van der Waals surface area contributed by atoms with Crippen LogP contribution >= 0.6 is 0 Å². The first-order chi connectivity index (χ1) is 15.2. The molecular weight excluding hydrogens is 430 g/mol. The highest BCUT2D eigenvalue weighted by Gasteiger charge is 2.12. The highest BCUT2D eigenvalue weighted by molar-refractivity contribution is 6.45. The van der Waals surface area contributed by atoms with Gasteiger partial charge in [0.1, 0.15) is 11.0 Å². The lowest BCUT2D eigenvalue weighted by Crippen LogP contribution is -2.29. The molecule has 174 valence electrons. The van der Waals surface area contributed by atoms with Crippen LogP contribution in [0.4, 0.5) is 11.4 Å². The third-order valence-electron chi connectivity index (χ3n) is 4.18. The number of nitrogens with one attached hydrogen (secondary N) is 2. The topological polar surface area (TPSA) is 186 Å². The minimum atomic E-state index is -0.667. The summed E-state index contributed by atoms with van der Waals surface area (Å²) in [5.74, 6) is 0.915. The van der Waals surface area contributed by atoms with E-state index in [-0.39, 0.29) is 19.7 Å². The molecule has 0 aliphatic heterocycles. The van der Waals surface area contributed by atoms with Crippen molar-refractivity contribution in [3.05, 3.63) is 58.3 Å². The standard InChI is InChI=1S/C9H10BN3O4.C9H12BN3O2.CH4/c1-10(14)11-5-9-12-7-4-6(13(15)16)2-3-8(7)17-9;1-10(14)12-5-9-13-7-4-6(11)2-3-8(7)15-9;/h2-4,11,14H,5H2,1H3;2-4,12,14H,5,11H2,1H3;1H4. The molecule has 0 amide bonds. The van der Waals surface area contributed by atoms with Crippen molar-refractivity contribution in [2.24, 2.45) is 0 Å². The zero-order chi connectivity index (χ0) is 23.3. The number of nitrogens with zero attached hydrogens (tertiary/aromatic N) is 3. The van der Waals surface area contributed by atoms with Crippen molar-refractivity contribution in [1.29, 1.82) is 0 Å². The van der Waals surface area contributed by atoms with Crippen molar-refractivity contribution in [1.82, 2.24) is 20.4 Å². The van der Waals surface area contributed by atoms with Crippen LogP contribution in [0.15, 0.2) is 45.2 Å². The Bertz CT molecular complexity index is 1210. The van der Waals surface area contributed by atoms with E-state index in [1.54, 1.807) is 31.8 Å². The molecule has 0 aliphatic carbocycles. The predicted octanol–water partition coefficient (Wildman–Crippen LogP) is 2.18. The normalized spacial score (nSPS) is 10.4. The van der Waals surface area contributed by atoms with Crippen LogP contribution in [-0.4, -0.2) is 39.0 Å². The van der Waals surface area contributed by atoms with Gasteiger partial charge in [-0.3, -0.25) is 10.1 Å². The summed E-state index contributed by atoms with van der Waals surface area (Å²) in [4.78, 5) is 18.4. The fraction of sp³-hybridized carbons (Fsp3) is 0.263. The van der Waals surface area contributed by atoms with E-state index in [2.05, 4.69) is 20.4 Å². The highest BCUT2D eigenvalue weighted by atomic mass is 16.6. The van der Waals surface area contributed by atoms with E-state index in [4.69, 9.17) is 24.6 Å². The van der Waals surface area contributed by atoms with Gasteiger partial charge in [-0.05, 0) is 37.9 Å². The lowest BCUT2D eigenvalue weighted by atomic mass is 9.89. The summed E-state index contributed by atoms with van der Waals surface area (Å²) < 4.78 is 10.8. The zero-order valence-corrected chi connectivity index (χ0v) is 17.5. The third-order valence-corrected chi connectivity index (χ3v) is 4.18. The SMILES string of the molecule is C.CB(O)NCc1nc2cc(N)ccc2o1.CB(O)NCc1nc2cc([N+](=O)[O-])ccc2o1. The summed E-state index contributed by atoms with van der Waals surface area (Å²) in [5.41, 5.74) is 8.60. The van der Waals surface area contributed by atoms with Gasteiger partial charge in [0.2, 0.25) is 11.8 Å². The van der Waals surface area contributed by atoms with Gasteiger partial charge in [0, 0.05) is 17.8 Å². The summed E-state index contributed by atoms with van der Waals surface area (Å²) >= 11 is 0. The number of fused-ring (bicyclic) bond motifs is 2. The monoisotopic (exact) mass is 456 g/mol. The predicted molar refractivity (Wildman–Crippen MR) is 127 cm³/mol. The second-order valence-corrected chi connectivity index (χ2v) is 6.97. The Kier molecular flexibility index (Phi) is 8.94. The minimum absolute atomic E-state index is 0. The zero-order valence-electron chi connectivity index (χ0n) is 17.5. The van der Waals surface area contributed by atoms with Crippen molar-refractivity contribution in [2.75, 3.05) is 5.73 Å². The fourth-order valence-corrected chi connectivity index (χ4v) is 2.69. The molecule has 0 radical (unpaired) electrons. The first-order valence-electron chi connectivity index (χ1n) is 9.73. The average molecular weight is 456 g/mol. The number of nitrogens with two attached hydrogens (primary N) is 1. The van der Waals surface area contributed by atoms with Crippen molar-refractivity contribution in [3.63, 3.8) is 0 Å². The maximum atomic E-state index is 10.6. The maximum absolute atomic E-state index is 10.6. The molecule has 14 heteroatoms. The molecule has 12 nitrogen and oxygen atoms in total. The van der Waals surface area contributed by atoms with E-state index >= 15 is 0 Å². The molecule has 0 fully saturated rings. The van der Waals surface area contributed by atoms with Crippen LogP contribution in [-0.2, 0) is 13.1 Å². The quantitative estimate of drug-likeness (QED) is 0.119. The largest absolute Gasteiger partial charge is 0.439 e. The van der Waals surface area contributed by atoms with Crippen LogP contribution in [0.3, 0.4) is 0 Å². The average Bonchev–Trinajstić information content (AvgIpc) is 3.33. The Hall–Kier alpha value is -3.45. The minimum Gasteiger partial charge on any atom is -0.439 e. The second kappa shape index (κ2) is 11.4. The molecule has 0 spiro atoms. The number of hydrogen-bond acceptors (Lipinski definition) is 11. The molecule has 0 unspecified atom stereocenters. The first-order valence-corrected chi connectivity index (χ1v) is 9.73. The number of non-ortho nitro benzene ring substituents is 1. The maximum Gasteiger partial charge on any atom is 0.374 e. The van der Waals surface area contributed by atoms with E-state index in [0.29, 0.717) is 40.7 Å². The van der Waals surface area contributed by atoms with Crippen molar-refractivity contribution in [2.45, 2.75) is 34.2 Å². The Morgan fingerprint density at radius 2 is 1.45 bits per heavy atom. The molecule has 2 aromatic carbocycles. The number of rotatable bonds is 7. The van der Waals surface area contributed by atoms with E-state index in [1.807, 2.05) is 0 Å². The van der Waals surface area contributed by atoms with Gasteiger partial charge in [-0.2, -0.15) is 0 Å². The molecule has 33 heavy (non-hydrogen) atoms. The molecule has 4 rings (SSSR count). The van der Waals surface area contributed by atoms with Gasteiger partial charge in [0.05, 0.1) is 18.0 Å². The Labute approximate surface area is 190 Å². The lowest BCUT2D eigenvalue weighted by molar-refractivity contribution is -0.384. The molecule has 0 aliphatic rings. The second-order valence-electron chi connectivity index (χ2n) is 6.97. The van der Waals surface area contributed by atoms with Crippen molar-refractivity contribution >= 4 is 47.7 Å². The van der Waals surface area contributed by atoms with Crippen LogP contribution in [0.25, 0.3) is 22.2 Å². The number of oxazole rings is 2. The van der Waals surface area contributed by atoms with Gasteiger partial charge in [-0.15, -0.1) is 0 Å². The number of aromatic nitrogens is 2. The number of nitro groups is 1. The van der Waals surface area contributed by atoms with E-state index in [1.165, 1.54) is 18.2 Å². The lowest BCUT2D eigenvalue weighted by Gasteiger charge is -1.98. The summed E-state index contributed by atoms with van der Waals surface area (Å²) in [5, 5.41) is 34.2. The summed E-state index contributed by atoms with van der Waals surface area (Å²) in [6.07, 6.45) is 0. The summed E-state index contributed by atoms with van der Waals surface area (Å²) in [6.45, 7) is 3.88. The van der Waals surface area contributed by atoms with Crippen LogP contribution < -0.4 is 16.2 Å². The van der Waals surface area contributed by atoms with Gasteiger partial charge in [0.15, 0.2) is 11.2 Å². The van der Waals surface area contributed by atoms with Crippen LogP contribution in [0.2, 0.25) is 13.6 Å². The van der Waals surface area contributed by atoms with Crippen LogP contribution in [0.5, 0.6) is 0 Å². The van der Waals surface area contributed by atoms with Crippen molar-refractivity contribution < 1.29 is 23.8 Å². The van der Waals surface area contributed by atoms with Crippen LogP contribution in [0.1, 0.15) is 19.2 Å². The molecule has 0 bridgehead atoms. The molecule has 6 N–H and O–H groups in total. The first kappa shape index (κ1) is 25.8. The molecule has 2 aromatic heterocycles. The van der Waals surface area contributed by atoms with E-state index in [0.717, 1.165) is 5.52 Å². The van der Waals surface area contributed by atoms with Gasteiger partial charge in [-0.1, -0.05) is 7.43 Å². The number of anilines is 1. The van der Waals surface area contributed by atoms with E-state index in [9.17, 15) is 10.1 Å². The molecule has 2 heterocycles. The summed E-state index contributed by atoms with van der Waals surface area (Å²) in [6, 6.07) is 9.52. The van der Waals surface area contributed by atoms with Gasteiger partial charge < -0.3 is 35.1 Å². The number of nitrogen functional groups attached to an aromatic ring is 1. The Morgan fingerprint density at radius 3 is 1.94 bits per heavy atom. The van der Waals surface area contributed by atoms with Crippen LogP contribution in [0, 0.1) is 10.1 Å². The van der Waals surface area contributed by atoms with Crippen molar-refractivity contribution in [3.8, 4) is 0 Å². The van der Waals surface area contributed by atoms with Gasteiger partial charge in [0.25, 0.3) is 5.69 Å². The molecule has 4 aromatic rings. The Balaban J connectivity index is 0.000000228. The molecular formula is C19H26B2N6O6. The smallest absolute Gasteiger partial charge is 0.374 e. The fourth-order valence-electron chi connectivity index (χ4n) is 2.69. The molecule has 0 atom stereocenters. The third kappa shape index (κ3) is 7.29. The van der Waals surface area contributed by atoms with Gasteiger partial charge >= 0.3 is 14.1 Å². The van der Waals surface area contributed by atoms with E-state index < -0.39 is 19.0 Å². The molecule has 0 saturated heterocycles. The number of nitro benzene ring substituents is 1. The summed E-state index contributed by atoms with van der Waals surface area (Å²) in [7, 11) is -1.25. The van der Waals surface area contributed by atoms with Gasteiger partial charge in [-0.25, -0.2) is 9.97 Å². The Morgan fingerprint density at radius 1 is 0.970 bits per heavy atom. The molecule has 0 saturated carbocycles.